The molecule has 0 aliphatic heterocycles. The monoisotopic (exact) mass is 268 g/mol. The number of carbonyl (C=O) groups excluding carboxylic acids is 1. The Morgan fingerprint density at radius 1 is 1.15 bits per heavy atom. The van der Waals surface area contributed by atoms with Crippen molar-refractivity contribution in [2.45, 2.75) is 0 Å². The van der Waals surface area contributed by atoms with Crippen molar-refractivity contribution < 1.29 is 4.79 Å². The third-order valence-corrected chi connectivity index (χ3v) is 2.64. The van der Waals surface area contributed by atoms with Crippen molar-refractivity contribution in [1.82, 2.24) is 15.5 Å². The molecule has 0 fully saturated rings. The van der Waals surface area contributed by atoms with E-state index in [4.69, 9.17) is 0 Å². The predicted octanol–water partition coefficient (Wildman–Crippen LogP) is 1.96. The van der Waals surface area contributed by atoms with E-state index in [1.165, 1.54) is 0 Å². The maximum absolute atomic E-state index is 11.3. The van der Waals surface area contributed by atoms with Gasteiger partial charge in [0.2, 0.25) is 0 Å². The molecule has 102 valence electrons. The van der Waals surface area contributed by atoms with Crippen molar-refractivity contribution in [2.24, 2.45) is 0 Å². The minimum atomic E-state index is -0.243. The summed E-state index contributed by atoms with van der Waals surface area (Å²) in [4.78, 5) is 11.3. The van der Waals surface area contributed by atoms with Crippen LogP contribution >= 0.6 is 0 Å². The van der Waals surface area contributed by atoms with Crippen molar-refractivity contribution in [3.63, 3.8) is 0 Å². The number of amides is 1. The smallest absolute Gasteiger partial charge is 0.271 e. The first kappa shape index (κ1) is 13.7. The molecule has 5 nitrogen and oxygen atoms in total. The van der Waals surface area contributed by atoms with Gasteiger partial charge in [-0.1, -0.05) is 42.5 Å². The lowest BCUT2D eigenvalue weighted by molar-refractivity contribution is 0.0957. The van der Waals surface area contributed by atoms with Crippen LogP contribution in [0.3, 0.4) is 0 Å². The highest BCUT2D eigenvalue weighted by Gasteiger charge is 2.04. The first-order valence-corrected chi connectivity index (χ1v) is 6.31. The van der Waals surface area contributed by atoms with Crippen LogP contribution in [0.2, 0.25) is 0 Å². The lowest BCUT2D eigenvalue weighted by Crippen LogP contribution is -2.19. The van der Waals surface area contributed by atoms with E-state index in [9.17, 15) is 4.79 Å². The number of hydrogen-bond donors (Lipinski definition) is 2. The summed E-state index contributed by atoms with van der Waals surface area (Å²) in [7, 11) is 1.56. The van der Waals surface area contributed by atoms with E-state index < -0.39 is 0 Å². The molecule has 0 unspecified atom stereocenters. The van der Waals surface area contributed by atoms with Crippen molar-refractivity contribution in [3.8, 4) is 0 Å². The fraction of sp³-hybridized carbons (Fsp3) is 0.133. The highest BCUT2D eigenvalue weighted by Crippen LogP contribution is 2.03. The van der Waals surface area contributed by atoms with E-state index in [2.05, 4.69) is 20.8 Å². The van der Waals surface area contributed by atoms with Crippen LogP contribution < -0.4 is 10.6 Å². The molecule has 0 radical (unpaired) electrons. The largest absolute Gasteiger partial charge is 0.365 e. The summed E-state index contributed by atoms with van der Waals surface area (Å²) in [5.74, 6) is 0.392. The highest BCUT2D eigenvalue weighted by atomic mass is 16.1. The molecular formula is C15H16N4O. The van der Waals surface area contributed by atoms with Crippen LogP contribution in [0.15, 0.2) is 48.5 Å². The summed E-state index contributed by atoms with van der Waals surface area (Å²) in [5, 5.41) is 13.4. The average molecular weight is 268 g/mol. The maximum atomic E-state index is 11.3. The van der Waals surface area contributed by atoms with Crippen LogP contribution in [0, 0.1) is 0 Å². The molecule has 1 amide bonds. The zero-order valence-electron chi connectivity index (χ0n) is 11.2. The molecule has 0 aliphatic rings. The lowest BCUT2D eigenvalue weighted by Gasteiger charge is -2.02. The van der Waals surface area contributed by atoms with E-state index in [1.54, 1.807) is 19.2 Å². The Hall–Kier alpha value is -2.69. The number of rotatable bonds is 5. The molecule has 1 aromatic heterocycles. The standard InChI is InChI=1S/C15H16N4O/c1-16-15(20)13-9-10-14(19-18-13)17-11-5-8-12-6-3-2-4-7-12/h2-10H,11H2,1H3,(H,16,20)(H,17,19)/b8-5+. The number of aromatic nitrogens is 2. The number of hydrogen-bond acceptors (Lipinski definition) is 4. The molecule has 0 saturated heterocycles. The van der Waals surface area contributed by atoms with E-state index in [1.807, 2.05) is 42.5 Å². The van der Waals surface area contributed by atoms with Crippen LogP contribution in [0.25, 0.3) is 6.08 Å². The van der Waals surface area contributed by atoms with Gasteiger partial charge in [-0.05, 0) is 17.7 Å². The number of nitrogens with zero attached hydrogens (tertiary/aromatic N) is 2. The second-order valence-corrected chi connectivity index (χ2v) is 4.08. The summed E-state index contributed by atoms with van der Waals surface area (Å²) in [6, 6.07) is 13.4. The van der Waals surface area contributed by atoms with Gasteiger partial charge in [0.25, 0.3) is 5.91 Å². The summed E-state index contributed by atoms with van der Waals surface area (Å²) < 4.78 is 0. The van der Waals surface area contributed by atoms with E-state index in [-0.39, 0.29) is 5.91 Å². The molecule has 1 aromatic carbocycles. The number of carbonyl (C=O) groups is 1. The molecule has 0 saturated carbocycles. The summed E-state index contributed by atoms with van der Waals surface area (Å²) in [6.07, 6.45) is 4.03. The topological polar surface area (TPSA) is 66.9 Å². The third-order valence-electron chi connectivity index (χ3n) is 2.64. The fourth-order valence-corrected chi connectivity index (χ4v) is 1.60. The molecule has 1 heterocycles. The number of benzene rings is 1. The van der Waals surface area contributed by atoms with Crippen LogP contribution in [0.4, 0.5) is 5.82 Å². The first-order chi connectivity index (χ1) is 9.79. The molecule has 0 bridgehead atoms. The molecule has 20 heavy (non-hydrogen) atoms. The Kier molecular flexibility index (Phi) is 4.83. The Labute approximate surface area is 117 Å². The van der Waals surface area contributed by atoms with E-state index >= 15 is 0 Å². The molecule has 0 aliphatic carbocycles. The average Bonchev–Trinajstić information content (AvgIpc) is 2.52. The van der Waals surface area contributed by atoms with Crippen molar-refractivity contribution >= 4 is 17.8 Å². The minimum Gasteiger partial charge on any atom is -0.365 e. The normalized spacial score (nSPS) is 10.4. The van der Waals surface area contributed by atoms with Gasteiger partial charge in [0, 0.05) is 13.6 Å². The summed E-state index contributed by atoms with van der Waals surface area (Å²) in [6.45, 7) is 0.642. The zero-order valence-corrected chi connectivity index (χ0v) is 11.2. The van der Waals surface area contributed by atoms with Gasteiger partial charge in [-0.15, -0.1) is 10.2 Å². The SMILES string of the molecule is CNC(=O)c1ccc(NC/C=C/c2ccccc2)nn1. The predicted molar refractivity (Wildman–Crippen MR) is 79.4 cm³/mol. The Morgan fingerprint density at radius 2 is 1.95 bits per heavy atom. The second kappa shape index (κ2) is 7.04. The Balaban J connectivity index is 1.85. The molecule has 5 heteroatoms. The molecular weight excluding hydrogens is 252 g/mol. The Bertz CT molecular complexity index is 579. The molecule has 0 spiro atoms. The molecule has 0 atom stereocenters. The van der Waals surface area contributed by atoms with Gasteiger partial charge in [-0.3, -0.25) is 4.79 Å². The third kappa shape index (κ3) is 3.91. The van der Waals surface area contributed by atoms with Crippen LogP contribution in [-0.4, -0.2) is 29.7 Å². The van der Waals surface area contributed by atoms with Gasteiger partial charge in [0.05, 0.1) is 0 Å². The summed E-state index contributed by atoms with van der Waals surface area (Å²) >= 11 is 0. The van der Waals surface area contributed by atoms with Crippen LogP contribution in [-0.2, 0) is 0 Å². The van der Waals surface area contributed by atoms with Gasteiger partial charge in [0.15, 0.2) is 5.69 Å². The van der Waals surface area contributed by atoms with Gasteiger partial charge < -0.3 is 10.6 Å². The zero-order chi connectivity index (χ0) is 14.2. The molecule has 2 aromatic rings. The van der Waals surface area contributed by atoms with Gasteiger partial charge in [0.1, 0.15) is 5.82 Å². The van der Waals surface area contributed by atoms with Gasteiger partial charge in [-0.2, -0.15) is 0 Å². The number of nitrogens with one attached hydrogen (secondary N) is 2. The maximum Gasteiger partial charge on any atom is 0.271 e. The second-order valence-electron chi connectivity index (χ2n) is 4.08. The first-order valence-electron chi connectivity index (χ1n) is 6.31. The van der Waals surface area contributed by atoms with Crippen molar-refractivity contribution in [1.29, 1.82) is 0 Å². The van der Waals surface area contributed by atoms with Crippen molar-refractivity contribution in [2.75, 3.05) is 18.9 Å². The lowest BCUT2D eigenvalue weighted by atomic mass is 10.2. The quantitative estimate of drug-likeness (QED) is 0.870. The fourth-order valence-electron chi connectivity index (χ4n) is 1.60. The molecule has 2 rings (SSSR count). The van der Waals surface area contributed by atoms with Gasteiger partial charge in [-0.25, -0.2) is 0 Å². The van der Waals surface area contributed by atoms with Gasteiger partial charge >= 0.3 is 0 Å². The van der Waals surface area contributed by atoms with E-state index in [0.717, 1.165) is 5.56 Å². The minimum absolute atomic E-state index is 0.243. The van der Waals surface area contributed by atoms with Crippen molar-refractivity contribution in [3.05, 3.63) is 59.8 Å². The van der Waals surface area contributed by atoms with E-state index in [0.29, 0.717) is 18.1 Å². The number of anilines is 1. The highest BCUT2D eigenvalue weighted by molar-refractivity contribution is 5.91. The van der Waals surface area contributed by atoms with Crippen LogP contribution in [0.5, 0.6) is 0 Å². The Morgan fingerprint density at radius 3 is 2.60 bits per heavy atom. The molecule has 2 N–H and O–H groups in total. The summed E-state index contributed by atoms with van der Waals surface area (Å²) in [5.41, 5.74) is 1.45. The van der Waals surface area contributed by atoms with Crippen LogP contribution in [0.1, 0.15) is 16.1 Å².